The first kappa shape index (κ1) is 17.1. The van der Waals surface area contributed by atoms with Crippen molar-refractivity contribution >= 4 is 11.7 Å². The van der Waals surface area contributed by atoms with Gasteiger partial charge in [0.2, 0.25) is 5.91 Å². The smallest absolute Gasteiger partial charge is 0.220 e. The summed E-state index contributed by atoms with van der Waals surface area (Å²) in [5.74, 6) is 0.558. The van der Waals surface area contributed by atoms with Crippen molar-refractivity contribution in [1.29, 1.82) is 0 Å². The van der Waals surface area contributed by atoms with E-state index in [0.29, 0.717) is 12.3 Å². The molecule has 1 aliphatic heterocycles. The van der Waals surface area contributed by atoms with Crippen molar-refractivity contribution in [3.8, 4) is 0 Å². The van der Waals surface area contributed by atoms with Crippen molar-refractivity contribution < 1.29 is 14.3 Å². The molecule has 5 nitrogen and oxygen atoms in total. The Hall–Kier alpha value is -0.940. The van der Waals surface area contributed by atoms with Crippen LogP contribution in [0.4, 0.5) is 0 Å². The van der Waals surface area contributed by atoms with Crippen LogP contribution in [0.15, 0.2) is 0 Å². The Morgan fingerprint density at radius 1 is 1.45 bits per heavy atom. The Kier molecular flexibility index (Phi) is 7.16. The first-order valence-corrected chi connectivity index (χ1v) is 7.48. The van der Waals surface area contributed by atoms with Gasteiger partial charge in [0.05, 0.1) is 6.10 Å². The minimum absolute atomic E-state index is 0.00837. The maximum Gasteiger partial charge on any atom is 0.220 e. The van der Waals surface area contributed by atoms with Crippen LogP contribution in [0.25, 0.3) is 0 Å². The van der Waals surface area contributed by atoms with E-state index in [-0.39, 0.29) is 24.4 Å². The van der Waals surface area contributed by atoms with Crippen LogP contribution >= 0.6 is 0 Å². The number of carbonyl (C=O) groups is 2. The lowest BCUT2D eigenvalue weighted by molar-refractivity contribution is -0.126. The topological polar surface area (TPSA) is 58.6 Å². The van der Waals surface area contributed by atoms with E-state index in [0.717, 1.165) is 25.8 Å². The monoisotopic (exact) mass is 284 g/mol. The molecule has 20 heavy (non-hydrogen) atoms. The maximum absolute atomic E-state index is 11.9. The van der Waals surface area contributed by atoms with Crippen LogP contribution in [0.2, 0.25) is 0 Å². The van der Waals surface area contributed by atoms with E-state index in [1.54, 1.807) is 0 Å². The molecule has 2 unspecified atom stereocenters. The summed E-state index contributed by atoms with van der Waals surface area (Å²) in [7, 11) is 3.96. The third kappa shape index (κ3) is 6.01. The van der Waals surface area contributed by atoms with Gasteiger partial charge < -0.3 is 15.0 Å². The Bertz CT molecular complexity index is 329. The summed E-state index contributed by atoms with van der Waals surface area (Å²) in [6.07, 6.45) is 2.97. The standard InChI is InChI=1S/C15H28N2O3/c1-11(2)6-5-7-14(19)16-15-12(18)10-20-13(15)8-9-17(3)4/h11,13,15H,5-10H2,1-4H3,(H,16,19). The summed E-state index contributed by atoms with van der Waals surface area (Å²) in [5.41, 5.74) is 0. The number of carbonyl (C=O) groups excluding carboxylic acids is 2. The fraction of sp³-hybridized carbons (Fsp3) is 0.867. The van der Waals surface area contributed by atoms with Crippen LogP contribution in [0.5, 0.6) is 0 Å². The van der Waals surface area contributed by atoms with E-state index in [9.17, 15) is 9.59 Å². The minimum atomic E-state index is -0.457. The summed E-state index contributed by atoms with van der Waals surface area (Å²) >= 11 is 0. The van der Waals surface area contributed by atoms with E-state index < -0.39 is 6.04 Å². The number of hydrogen-bond donors (Lipinski definition) is 1. The molecule has 1 rings (SSSR count). The second-order valence-electron chi connectivity index (χ2n) is 6.24. The van der Waals surface area contributed by atoms with Gasteiger partial charge in [0, 0.05) is 13.0 Å². The summed E-state index contributed by atoms with van der Waals surface area (Å²) < 4.78 is 5.48. The van der Waals surface area contributed by atoms with Crippen molar-refractivity contribution in [3.63, 3.8) is 0 Å². The Balaban J connectivity index is 2.37. The lowest BCUT2D eigenvalue weighted by Crippen LogP contribution is -2.45. The molecule has 116 valence electrons. The van der Waals surface area contributed by atoms with Gasteiger partial charge in [-0.3, -0.25) is 9.59 Å². The molecule has 1 amide bonds. The van der Waals surface area contributed by atoms with Gasteiger partial charge >= 0.3 is 0 Å². The Labute approximate surface area is 122 Å². The number of rotatable bonds is 8. The highest BCUT2D eigenvalue weighted by Gasteiger charge is 2.36. The quantitative estimate of drug-likeness (QED) is 0.728. The van der Waals surface area contributed by atoms with Gasteiger partial charge in [-0.05, 0) is 32.9 Å². The van der Waals surface area contributed by atoms with Gasteiger partial charge in [-0.2, -0.15) is 0 Å². The van der Waals surface area contributed by atoms with Gasteiger partial charge in [0.1, 0.15) is 12.6 Å². The van der Waals surface area contributed by atoms with Crippen LogP contribution in [-0.2, 0) is 14.3 Å². The first-order chi connectivity index (χ1) is 9.40. The van der Waals surface area contributed by atoms with Crippen LogP contribution in [-0.4, -0.2) is 56.0 Å². The van der Waals surface area contributed by atoms with Crippen molar-refractivity contribution in [2.75, 3.05) is 27.2 Å². The van der Waals surface area contributed by atoms with Gasteiger partial charge in [0.15, 0.2) is 5.78 Å². The maximum atomic E-state index is 11.9. The predicted molar refractivity (Wildman–Crippen MR) is 78.5 cm³/mol. The molecule has 0 aliphatic carbocycles. The average Bonchev–Trinajstić information content (AvgIpc) is 2.68. The van der Waals surface area contributed by atoms with Crippen LogP contribution < -0.4 is 5.32 Å². The van der Waals surface area contributed by atoms with Crippen LogP contribution in [0.1, 0.15) is 39.5 Å². The summed E-state index contributed by atoms with van der Waals surface area (Å²) in [6.45, 7) is 5.25. The zero-order valence-electron chi connectivity index (χ0n) is 13.1. The lowest BCUT2D eigenvalue weighted by Gasteiger charge is -2.20. The minimum Gasteiger partial charge on any atom is -0.368 e. The molecular weight excluding hydrogens is 256 g/mol. The zero-order valence-corrected chi connectivity index (χ0v) is 13.1. The van der Waals surface area contributed by atoms with Crippen molar-refractivity contribution in [2.45, 2.75) is 51.7 Å². The second kappa shape index (κ2) is 8.37. The van der Waals surface area contributed by atoms with E-state index in [1.807, 2.05) is 19.0 Å². The SMILES string of the molecule is CC(C)CCCC(=O)NC1C(=O)COC1CCN(C)C. The van der Waals surface area contributed by atoms with Gasteiger partial charge in [-0.15, -0.1) is 0 Å². The number of hydrogen-bond acceptors (Lipinski definition) is 4. The molecule has 0 saturated carbocycles. The number of nitrogens with one attached hydrogen (secondary N) is 1. The third-order valence-corrected chi connectivity index (χ3v) is 3.52. The molecule has 0 spiro atoms. The number of ketones is 1. The lowest BCUT2D eigenvalue weighted by atomic mass is 10.0. The van der Waals surface area contributed by atoms with Crippen molar-refractivity contribution in [2.24, 2.45) is 5.92 Å². The highest BCUT2D eigenvalue weighted by Crippen LogP contribution is 2.15. The number of ether oxygens (including phenoxy) is 1. The highest BCUT2D eigenvalue weighted by molar-refractivity contribution is 5.91. The zero-order chi connectivity index (χ0) is 15.1. The molecule has 0 bridgehead atoms. The normalized spacial score (nSPS) is 22.8. The highest BCUT2D eigenvalue weighted by atomic mass is 16.5. The molecule has 1 saturated heterocycles. The number of Topliss-reactive ketones (excluding diaryl/α,β-unsaturated/α-hetero) is 1. The third-order valence-electron chi connectivity index (χ3n) is 3.52. The van der Waals surface area contributed by atoms with E-state index in [2.05, 4.69) is 19.2 Å². The molecule has 0 aromatic carbocycles. The molecule has 0 aromatic rings. The molecule has 1 N–H and O–H groups in total. The van der Waals surface area contributed by atoms with Crippen LogP contribution in [0, 0.1) is 5.92 Å². The molecule has 1 heterocycles. The average molecular weight is 284 g/mol. The van der Waals surface area contributed by atoms with Crippen molar-refractivity contribution in [3.05, 3.63) is 0 Å². The first-order valence-electron chi connectivity index (χ1n) is 7.48. The molecule has 0 aromatic heterocycles. The summed E-state index contributed by atoms with van der Waals surface area (Å²) in [5, 5.41) is 2.84. The fourth-order valence-electron chi connectivity index (χ4n) is 2.31. The molecule has 2 atom stereocenters. The largest absolute Gasteiger partial charge is 0.368 e. The molecule has 0 radical (unpaired) electrons. The predicted octanol–water partition coefficient (Wildman–Crippen LogP) is 1.22. The van der Waals surface area contributed by atoms with Crippen LogP contribution in [0.3, 0.4) is 0 Å². The van der Waals surface area contributed by atoms with E-state index >= 15 is 0 Å². The summed E-state index contributed by atoms with van der Waals surface area (Å²) in [4.78, 5) is 25.7. The number of amides is 1. The van der Waals surface area contributed by atoms with E-state index in [4.69, 9.17) is 4.74 Å². The second-order valence-corrected chi connectivity index (χ2v) is 6.24. The molecule has 1 aliphatic rings. The molecule has 5 heteroatoms. The fourth-order valence-corrected chi connectivity index (χ4v) is 2.31. The summed E-state index contributed by atoms with van der Waals surface area (Å²) in [6, 6.07) is -0.457. The molecule has 1 fully saturated rings. The Morgan fingerprint density at radius 2 is 2.15 bits per heavy atom. The van der Waals surface area contributed by atoms with Gasteiger partial charge in [-0.1, -0.05) is 20.3 Å². The Morgan fingerprint density at radius 3 is 2.75 bits per heavy atom. The van der Waals surface area contributed by atoms with Crippen molar-refractivity contribution in [1.82, 2.24) is 10.2 Å². The van der Waals surface area contributed by atoms with Gasteiger partial charge in [-0.25, -0.2) is 0 Å². The van der Waals surface area contributed by atoms with Gasteiger partial charge in [0.25, 0.3) is 0 Å². The number of nitrogens with zero attached hydrogens (tertiary/aromatic N) is 1. The molecular formula is C15H28N2O3. The van der Waals surface area contributed by atoms with E-state index in [1.165, 1.54) is 0 Å².